The fraction of sp³-hybridized carbons (Fsp3) is 0.125. The maximum absolute atomic E-state index is 11.8. The van der Waals surface area contributed by atoms with Crippen molar-refractivity contribution in [3.05, 3.63) is 59.7 Å². The summed E-state index contributed by atoms with van der Waals surface area (Å²) in [4.78, 5) is 11.8. The monoisotopic (exact) mass is 281 g/mol. The lowest BCUT2D eigenvalue weighted by atomic mass is 10.2. The molecule has 0 radical (unpaired) electrons. The van der Waals surface area contributed by atoms with E-state index < -0.39 is 0 Å². The average molecular weight is 281 g/mol. The molecule has 0 spiro atoms. The highest BCUT2D eigenvalue weighted by Gasteiger charge is 2.08. The Balaban J connectivity index is 1.78. The number of hydrogen-bond acceptors (Lipinski definition) is 3. The van der Waals surface area contributed by atoms with Crippen LogP contribution < -0.4 is 5.43 Å². The zero-order chi connectivity index (χ0) is 14.8. The summed E-state index contributed by atoms with van der Waals surface area (Å²) in [7, 11) is 1.98. The number of hydrazone groups is 1. The van der Waals surface area contributed by atoms with Crippen molar-refractivity contribution >= 4 is 23.0 Å². The average Bonchev–Trinajstić information content (AvgIpc) is 3.04. The van der Waals surface area contributed by atoms with Gasteiger partial charge in [-0.05, 0) is 25.1 Å². The molecule has 0 atom stereocenters. The van der Waals surface area contributed by atoms with E-state index in [0.29, 0.717) is 5.76 Å². The van der Waals surface area contributed by atoms with Crippen LogP contribution in [0.1, 0.15) is 21.9 Å². The van der Waals surface area contributed by atoms with E-state index in [1.165, 1.54) is 0 Å². The van der Waals surface area contributed by atoms with Gasteiger partial charge in [-0.3, -0.25) is 4.79 Å². The van der Waals surface area contributed by atoms with Crippen LogP contribution in [-0.4, -0.2) is 16.7 Å². The Morgan fingerprint density at radius 1 is 1.29 bits per heavy atom. The molecule has 0 aliphatic rings. The van der Waals surface area contributed by atoms with Gasteiger partial charge in [-0.2, -0.15) is 5.10 Å². The molecular formula is C16H15N3O2. The van der Waals surface area contributed by atoms with Crippen molar-refractivity contribution in [2.24, 2.45) is 12.1 Å². The van der Waals surface area contributed by atoms with E-state index in [1.807, 2.05) is 42.1 Å². The number of nitrogens with zero attached hydrogens (tertiary/aromatic N) is 2. The molecule has 1 N–H and O–H groups in total. The Labute approximate surface area is 121 Å². The highest BCUT2D eigenvalue weighted by Crippen LogP contribution is 2.18. The normalized spacial score (nSPS) is 11.3. The molecule has 2 aromatic heterocycles. The van der Waals surface area contributed by atoms with Gasteiger partial charge < -0.3 is 8.98 Å². The third kappa shape index (κ3) is 2.58. The molecule has 0 saturated heterocycles. The first-order valence-electron chi connectivity index (χ1n) is 6.59. The first-order valence-corrected chi connectivity index (χ1v) is 6.59. The molecule has 2 heterocycles. The van der Waals surface area contributed by atoms with Crippen LogP contribution in [0.2, 0.25) is 0 Å². The van der Waals surface area contributed by atoms with E-state index in [4.69, 9.17) is 4.42 Å². The highest BCUT2D eigenvalue weighted by molar-refractivity contribution is 6.00. The molecule has 21 heavy (non-hydrogen) atoms. The second kappa shape index (κ2) is 5.28. The molecule has 0 saturated carbocycles. The van der Waals surface area contributed by atoms with Gasteiger partial charge in [0.15, 0.2) is 5.76 Å². The molecule has 3 aromatic rings. The van der Waals surface area contributed by atoms with Gasteiger partial charge in [-0.15, -0.1) is 0 Å². The minimum atomic E-state index is -0.361. The van der Waals surface area contributed by atoms with E-state index in [2.05, 4.69) is 10.5 Å². The molecule has 0 fully saturated rings. The fourth-order valence-corrected chi connectivity index (χ4v) is 2.25. The molecule has 3 rings (SSSR count). The van der Waals surface area contributed by atoms with Gasteiger partial charge in [0.05, 0.1) is 6.21 Å². The number of carbonyl (C=O) groups is 1. The first-order chi connectivity index (χ1) is 10.1. The molecule has 106 valence electrons. The molecule has 5 heteroatoms. The Bertz CT molecular complexity index is 827. The Hall–Kier alpha value is -2.82. The van der Waals surface area contributed by atoms with Gasteiger partial charge >= 0.3 is 5.91 Å². The number of carbonyl (C=O) groups excluding carboxylic acids is 1. The van der Waals surface area contributed by atoms with Crippen LogP contribution in [-0.2, 0) is 7.05 Å². The third-order valence-corrected chi connectivity index (χ3v) is 3.26. The van der Waals surface area contributed by atoms with Crippen LogP contribution in [0.4, 0.5) is 0 Å². The number of furan rings is 1. The van der Waals surface area contributed by atoms with Gasteiger partial charge in [-0.25, -0.2) is 5.43 Å². The summed E-state index contributed by atoms with van der Waals surface area (Å²) < 4.78 is 7.25. The lowest BCUT2D eigenvalue weighted by Crippen LogP contribution is -2.16. The Morgan fingerprint density at radius 3 is 2.86 bits per heavy atom. The number of hydrogen-bond donors (Lipinski definition) is 1. The molecule has 0 bridgehead atoms. The molecule has 0 unspecified atom stereocenters. The van der Waals surface area contributed by atoms with Crippen LogP contribution in [0.25, 0.3) is 10.9 Å². The van der Waals surface area contributed by atoms with Crippen molar-refractivity contribution in [1.82, 2.24) is 9.99 Å². The Kier molecular flexibility index (Phi) is 3.31. The second-order valence-corrected chi connectivity index (χ2v) is 4.82. The summed E-state index contributed by atoms with van der Waals surface area (Å²) in [6, 6.07) is 11.4. The SMILES string of the molecule is Cc1ccc(C(=O)N/N=C/c2cn(C)c3ccccc23)o1. The number of amides is 1. The second-order valence-electron chi connectivity index (χ2n) is 4.82. The minimum Gasteiger partial charge on any atom is -0.456 e. The smallest absolute Gasteiger partial charge is 0.307 e. The lowest BCUT2D eigenvalue weighted by Gasteiger charge is -1.95. The minimum absolute atomic E-state index is 0.252. The number of rotatable bonds is 3. The van der Waals surface area contributed by atoms with Crippen molar-refractivity contribution in [3.8, 4) is 0 Å². The molecule has 1 aromatic carbocycles. The number of para-hydroxylation sites is 1. The van der Waals surface area contributed by atoms with E-state index >= 15 is 0 Å². The summed E-state index contributed by atoms with van der Waals surface area (Å²) in [6.45, 7) is 1.79. The fourth-order valence-electron chi connectivity index (χ4n) is 2.25. The largest absolute Gasteiger partial charge is 0.456 e. The van der Waals surface area contributed by atoms with Gasteiger partial charge in [0.25, 0.3) is 0 Å². The summed E-state index contributed by atoms with van der Waals surface area (Å²) in [5, 5.41) is 5.08. The standard InChI is InChI=1S/C16H15N3O2/c1-11-7-8-15(21-11)16(20)18-17-9-12-10-19(2)14-6-4-3-5-13(12)14/h3-10H,1-2H3,(H,18,20)/b17-9+. The quantitative estimate of drug-likeness (QED) is 0.593. The predicted molar refractivity (Wildman–Crippen MR) is 81.4 cm³/mol. The van der Waals surface area contributed by atoms with Crippen molar-refractivity contribution in [2.45, 2.75) is 6.92 Å². The van der Waals surface area contributed by atoms with Gasteiger partial charge in [0.1, 0.15) is 5.76 Å². The lowest BCUT2D eigenvalue weighted by molar-refractivity contribution is 0.0926. The predicted octanol–water partition coefficient (Wildman–Crippen LogP) is 2.84. The van der Waals surface area contributed by atoms with Crippen LogP contribution in [0.5, 0.6) is 0 Å². The molecular weight excluding hydrogens is 266 g/mol. The number of aromatic nitrogens is 1. The van der Waals surface area contributed by atoms with E-state index in [9.17, 15) is 4.79 Å². The summed E-state index contributed by atoms with van der Waals surface area (Å²) in [6.07, 6.45) is 3.60. The third-order valence-electron chi connectivity index (χ3n) is 3.26. The maximum Gasteiger partial charge on any atom is 0.307 e. The van der Waals surface area contributed by atoms with Crippen LogP contribution in [0.3, 0.4) is 0 Å². The summed E-state index contributed by atoms with van der Waals surface area (Å²) >= 11 is 0. The number of benzene rings is 1. The van der Waals surface area contributed by atoms with Crippen molar-refractivity contribution in [3.63, 3.8) is 0 Å². The van der Waals surface area contributed by atoms with Crippen molar-refractivity contribution in [2.75, 3.05) is 0 Å². The zero-order valence-corrected chi connectivity index (χ0v) is 11.8. The van der Waals surface area contributed by atoms with E-state index in [1.54, 1.807) is 25.3 Å². The molecule has 0 aliphatic heterocycles. The molecule has 5 nitrogen and oxygen atoms in total. The topological polar surface area (TPSA) is 59.5 Å². The van der Waals surface area contributed by atoms with E-state index in [0.717, 1.165) is 16.5 Å². The van der Waals surface area contributed by atoms with Gasteiger partial charge in [-0.1, -0.05) is 18.2 Å². The van der Waals surface area contributed by atoms with Crippen molar-refractivity contribution < 1.29 is 9.21 Å². The van der Waals surface area contributed by atoms with E-state index in [-0.39, 0.29) is 11.7 Å². The van der Waals surface area contributed by atoms with Crippen LogP contribution in [0, 0.1) is 6.92 Å². The number of aryl methyl sites for hydroxylation is 2. The Morgan fingerprint density at radius 2 is 2.10 bits per heavy atom. The molecule has 0 aliphatic carbocycles. The van der Waals surface area contributed by atoms with Gasteiger partial charge in [0, 0.05) is 29.7 Å². The first kappa shape index (κ1) is 13.2. The summed E-state index contributed by atoms with van der Waals surface area (Å²) in [5.74, 6) is 0.584. The number of nitrogens with one attached hydrogen (secondary N) is 1. The highest BCUT2D eigenvalue weighted by atomic mass is 16.3. The molecule has 1 amide bonds. The van der Waals surface area contributed by atoms with Crippen LogP contribution >= 0.6 is 0 Å². The number of fused-ring (bicyclic) bond motifs is 1. The zero-order valence-electron chi connectivity index (χ0n) is 11.8. The maximum atomic E-state index is 11.8. The van der Waals surface area contributed by atoms with Crippen molar-refractivity contribution in [1.29, 1.82) is 0 Å². The van der Waals surface area contributed by atoms with Gasteiger partial charge in [0.2, 0.25) is 0 Å². The van der Waals surface area contributed by atoms with Crippen LogP contribution in [0.15, 0.2) is 52.1 Å². The summed E-state index contributed by atoms with van der Waals surface area (Å²) in [5.41, 5.74) is 4.53.